The van der Waals surface area contributed by atoms with Crippen molar-refractivity contribution in [2.24, 2.45) is 14.1 Å². The number of hydrogen-bond donors (Lipinski definition) is 1. The van der Waals surface area contributed by atoms with Crippen molar-refractivity contribution in [1.29, 1.82) is 0 Å². The third-order valence-corrected chi connectivity index (χ3v) is 6.30. The number of aromatic nitrogens is 3. The van der Waals surface area contributed by atoms with Gasteiger partial charge in [-0.05, 0) is 19.4 Å². The van der Waals surface area contributed by atoms with Crippen molar-refractivity contribution in [3.8, 4) is 11.3 Å². The minimum Gasteiger partial charge on any atom is -0.302 e. The van der Waals surface area contributed by atoms with E-state index in [1.165, 1.54) is 14.1 Å². The van der Waals surface area contributed by atoms with Crippen molar-refractivity contribution in [1.82, 2.24) is 14.1 Å². The predicted octanol–water partition coefficient (Wildman–Crippen LogP) is 1.63. The van der Waals surface area contributed by atoms with Crippen LogP contribution < -0.4 is 16.0 Å². The molecule has 0 unspecified atom stereocenters. The number of sulfonamides is 1. The highest BCUT2D eigenvalue weighted by Gasteiger charge is 2.23. The summed E-state index contributed by atoms with van der Waals surface area (Å²) in [5, 5.41) is 1.88. The summed E-state index contributed by atoms with van der Waals surface area (Å²) in [6.45, 7) is 3.95. The average molecular weight is 406 g/mol. The summed E-state index contributed by atoms with van der Waals surface area (Å²) < 4.78 is 29.4. The van der Waals surface area contributed by atoms with Gasteiger partial charge in [-0.1, -0.05) is 23.8 Å². The Kier molecular flexibility index (Phi) is 4.79. The Morgan fingerprint density at radius 3 is 2.52 bits per heavy atom. The molecule has 1 aromatic carbocycles. The van der Waals surface area contributed by atoms with E-state index in [9.17, 15) is 18.0 Å². The zero-order chi connectivity index (χ0) is 19.9. The lowest BCUT2D eigenvalue weighted by Gasteiger charge is -2.08. The molecule has 0 aliphatic heterocycles. The molecule has 0 saturated carbocycles. The molecule has 3 aromatic rings. The van der Waals surface area contributed by atoms with E-state index in [0.29, 0.717) is 5.69 Å². The summed E-state index contributed by atoms with van der Waals surface area (Å²) in [6.07, 6.45) is 1.01. The first-order chi connectivity index (χ1) is 12.6. The summed E-state index contributed by atoms with van der Waals surface area (Å²) in [6, 6.07) is 5.91. The number of nitrogens with zero attached hydrogens (tertiary/aromatic N) is 3. The second-order valence-corrected chi connectivity index (χ2v) is 8.72. The van der Waals surface area contributed by atoms with Crippen LogP contribution in [0.4, 0.5) is 5.13 Å². The molecule has 142 valence electrons. The van der Waals surface area contributed by atoms with E-state index in [2.05, 4.69) is 9.71 Å². The highest BCUT2D eigenvalue weighted by atomic mass is 32.2. The summed E-state index contributed by atoms with van der Waals surface area (Å²) in [4.78, 5) is 27.7. The van der Waals surface area contributed by atoms with E-state index in [4.69, 9.17) is 0 Å². The maximum Gasteiger partial charge on any atom is 0.330 e. The SMILES string of the molecule is Cc1ccc(-c2csc(NS(=O)(=O)c3cn(C)c(=O)n(C)c3=O)n2)c(C)c1. The lowest BCUT2D eigenvalue weighted by atomic mass is 10.0. The molecule has 0 aliphatic rings. The number of hydrogen-bond acceptors (Lipinski definition) is 6. The van der Waals surface area contributed by atoms with Gasteiger partial charge in [-0.15, -0.1) is 11.3 Å². The van der Waals surface area contributed by atoms with Crippen molar-refractivity contribution >= 4 is 26.5 Å². The Labute approximate surface area is 159 Å². The monoisotopic (exact) mass is 406 g/mol. The zero-order valence-electron chi connectivity index (χ0n) is 15.2. The molecule has 1 N–H and O–H groups in total. The quantitative estimate of drug-likeness (QED) is 0.709. The number of nitrogens with one attached hydrogen (secondary N) is 1. The first-order valence-electron chi connectivity index (χ1n) is 7.93. The first-order valence-corrected chi connectivity index (χ1v) is 10.3. The molecule has 27 heavy (non-hydrogen) atoms. The summed E-state index contributed by atoms with van der Waals surface area (Å²) in [5.74, 6) is 0. The number of thiazole rings is 1. The fraction of sp³-hybridized carbons (Fsp3) is 0.235. The molecule has 0 spiro atoms. The third-order valence-electron chi connectivity index (χ3n) is 4.09. The van der Waals surface area contributed by atoms with Crippen LogP contribution in [0.3, 0.4) is 0 Å². The molecule has 0 amide bonds. The standard InChI is InChI=1S/C17H18N4O4S2/c1-10-5-6-12(11(2)7-10)13-9-26-16(18-13)19-27(24,25)14-8-20(3)17(23)21(4)15(14)22/h5-9H,1-4H3,(H,18,19). The molecule has 0 radical (unpaired) electrons. The third kappa shape index (κ3) is 3.58. The molecular weight excluding hydrogens is 388 g/mol. The van der Waals surface area contributed by atoms with Gasteiger partial charge >= 0.3 is 5.69 Å². The van der Waals surface area contributed by atoms with Crippen molar-refractivity contribution in [2.75, 3.05) is 4.72 Å². The highest BCUT2D eigenvalue weighted by Crippen LogP contribution is 2.28. The van der Waals surface area contributed by atoms with Gasteiger partial charge in [0.05, 0.1) is 5.69 Å². The van der Waals surface area contributed by atoms with E-state index in [1.807, 2.05) is 32.0 Å². The van der Waals surface area contributed by atoms with E-state index in [1.54, 1.807) is 5.38 Å². The number of aryl methyl sites for hydroxylation is 3. The van der Waals surface area contributed by atoms with Crippen LogP contribution in [0.1, 0.15) is 11.1 Å². The van der Waals surface area contributed by atoms with Crippen molar-refractivity contribution in [3.05, 3.63) is 61.7 Å². The normalized spacial score (nSPS) is 11.6. The molecule has 3 rings (SSSR count). The van der Waals surface area contributed by atoms with Gasteiger partial charge in [-0.2, -0.15) is 0 Å². The van der Waals surface area contributed by atoms with Gasteiger partial charge < -0.3 is 4.57 Å². The predicted molar refractivity (Wildman–Crippen MR) is 105 cm³/mol. The number of rotatable bonds is 4. The van der Waals surface area contributed by atoms with Crippen LogP contribution in [-0.4, -0.2) is 22.5 Å². The molecule has 0 fully saturated rings. The topological polar surface area (TPSA) is 103 Å². The first kappa shape index (κ1) is 19.1. The largest absolute Gasteiger partial charge is 0.330 e. The molecule has 0 aliphatic carbocycles. The molecule has 10 heteroatoms. The van der Waals surface area contributed by atoms with E-state index < -0.39 is 26.2 Å². The van der Waals surface area contributed by atoms with Gasteiger partial charge in [0, 0.05) is 31.2 Å². The number of anilines is 1. The Bertz CT molecular complexity index is 1250. The highest BCUT2D eigenvalue weighted by molar-refractivity contribution is 7.92. The van der Waals surface area contributed by atoms with Crippen LogP contribution in [-0.2, 0) is 24.1 Å². The second-order valence-electron chi connectivity index (χ2n) is 6.21. The average Bonchev–Trinajstić information content (AvgIpc) is 3.03. The van der Waals surface area contributed by atoms with Crippen LogP contribution in [0.25, 0.3) is 11.3 Å². The van der Waals surface area contributed by atoms with Crippen molar-refractivity contribution < 1.29 is 8.42 Å². The van der Waals surface area contributed by atoms with Crippen LogP contribution in [0.2, 0.25) is 0 Å². The summed E-state index contributed by atoms with van der Waals surface area (Å²) in [5.41, 5.74) is 2.20. The fourth-order valence-corrected chi connectivity index (χ4v) is 4.80. The molecule has 0 saturated heterocycles. The molecule has 8 nitrogen and oxygen atoms in total. The summed E-state index contributed by atoms with van der Waals surface area (Å²) in [7, 11) is -1.58. The van der Waals surface area contributed by atoms with E-state index >= 15 is 0 Å². The van der Waals surface area contributed by atoms with Gasteiger partial charge in [0.15, 0.2) is 10.0 Å². The maximum atomic E-state index is 12.6. The molecule has 0 bridgehead atoms. The van der Waals surface area contributed by atoms with Gasteiger partial charge in [-0.3, -0.25) is 14.1 Å². The lowest BCUT2D eigenvalue weighted by molar-refractivity contribution is 0.589. The Morgan fingerprint density at radius 2 is 1.85 bits per heavy atom. The summed E-state index contributed by atoms with van der Waals surface area (Å²) >= 11 is 1.12. The van der Waals surface area contributed by atoms with E-state index in [-0.39, 0.29) is 5.13 Å². The Morgan fingerprint density at radius 1 is 1.15 bits per heavy atom. The van der Waals surface area contributed by atoms with E-state index in [0.717, 1.165) is 43.4 Å². The van der Waals surface area contributed by atoms with Gasteiger partial charge in [0.1, 0.15) is 0 Å². The minimum atomic E-state index is -4.19. The van der Waals surface area contributed by atoms with Gasteiger partial charge in [0.25, 0.3) is 15.6 Å². The molecule has 0 atom stereocenters. The fourth-order valence-electron chi connectivity index (χ4n) is 2.67. The Balaban J connectivity index is 1.98. The van der Waals surface area contributed by atoms with Crippen LogP contribution >= 0.6 is 11.3 Å². The van der Waals surface area contributed by atoms with Gasteiger partial charge in [-0.25, -0.2) is 18.2 Å². The van der Waals surface area contributed by atoms with Crippen LogP contribution in [0.15, 0.2) is 44.3 Å². The molecular formula is C17H18N4O4S2. The smallest absolute Gasteiger partial charge is 0.302 e. The lowest BCUT2D eigenvalue weighted by Crippen LogP contribution is -2.40. The minimum absolute atomic E-state index is 0.140. The van der Waals surface area contributed by atoms with Crippen molar-refractivity contribution in [2.45, 2.75) is 18.7 Å². The molecule has 2 heterocycles. The van der Waals surface area contributed by atoms with Crippen molar-refractivity contribution in [3.63, 3.8) is 0 Å². The zero-order valence-corrected chi connectivity index (χ0v) is 16.8. The van der Waals surface area contributed by atoms with Crippen LogP contribution in [0.5, 0.6) is 0 Å². The van der Waals surface area contributed by atoms with Crippen LogP contribution in [0, 0.1) is 13.8 Å². The Hall–Kier alpha value is -2.72. The number of benzene rings is 1. The van der Waals surface area contributed by atoms with Gasteiger partial charge in [0.2, 0.25) is 0 Å². The second kappa shape index (κ2) is 6.78. The maximum absolute atomic E-state index is 12.6. The molecule has 2 aromatic heterocycles.